The molecule has 3 aromatic rings. The SMILES string of the molecule is CNc1ccccc1-c1nc2cccc(C)c2o1. The molecule has 0 fully saturated rings. The van der Waals surface area contributed by atoms with Crippen LogP contribution < -0.4 is 5.32 Å². The van der Waals surface area contributed by atoms with E-state index in [2.05, 4.69) is 10.3 Å². The highest BCUT2D eigenvalue weighted by molar-refractivity contribution is 5.82. The molecule has 1 N–H and O–H groups in total. The summed E-state index contributed by atoms with van der Waals surface area (Å²) in [6, 6.07) is 14.0. The molecule has 3 rings (SSSR count). The number of hydrogen-bond donors (Lipinski definition) is 1. The van der Waals surface area contributed by atoms with Gasteiger partial charge in [-0.15, -0.1) is 0 Å². The van der Waals surface area contributed by atoms with Crippen LogP contribution in [-0.2, 0) is 0 Å². The van der Waals surface area contributed by atoms with E-state index >= 15 is 0 Å². The summed E-state index contributed by atoms with van der Waals surface area (Å²) >= 11 is 0. The monoisotopic (exact) mass is 238 g/mol. The topological polar surface area (TPSA) is 38.1 Å². The number of benzene rings is 2. The van der Waals surface area contributed by atoms with Gasteiger partial charge in [-0.1, -0.05) is 24.3 Å². The molecule has 1 heterocycles. The minimum absolute atomic E-state index is 0.657. The highest BCUT2D eigenvalue weighted by Crippen LogP contribution is 2.30. The molecule has 0 aliphatic rings. The van der Waals surface area contributed by atoms with Crippen LogP contribution in [-0.4, -0.2) is 12.0 Å². The van der Waals surface area contributed by atoms with Crippen molar-refractivity contribution >= 4 is 16.8 Å². The number of oxazole rings is 1. The summed E-state index contributed by atoms with van der Waals surface area (Å²) in [7, 11) is 1.90. The summed E-state index contributed by atoms with van der Waals surface area (Å²) in [4.78, 5) is 4.55. The molecule has 1 aromatic heterocycles. The Labute approximate surface area is 105 Å². The quantitative estimate of drug-likeness (QED) is 0.737. The Morgan fingerprint density at radius 2 is 1.89 bits per heavy atom. The predicted molar refractivity (Wildman–Crippen MR) is 73.7 cm³/mol. The third-order valence-electron chi connectivity index (χ3n) is 3.04. The Bertz CT molecular complexity index is 701. The van der Waals surface area contributed by atoms with E-state index < -0.39 is 0 Å². The van der Waals surface area contributed by atoms with Crippen molar-refractivity contribution in [3.63, 3.8) is 0 Å². The van der Waals surface area contributed by atoms with E-state index in [4.69, 9.17) is 4.42 Å². The number of nitrogens with zero attached hydrogens (tertiary/aromatic N) is 1. The van der Waals surface area contributed by atoms with Gasteiger partial charge in [0, 0.05) is 12.7 Å². The number of aryl methyl sites for hydroxylation is 1. The Kier molecular flexibility index (Phi) is 2.52. The van der Waals surface area contributed by atoms with Crippen molar-refractivity contribution < 1.29 is 4.42 Å². The summed E-state index contributed by atoms with van der Waals surface area (Å²) in [6.07, 6.45) is 0. The molecular formula is C15H14N2O. The van der Waals surface area contributed by atoms with Gasteiger partial charge in [-0.05, 0) is 30.7 Å². The molecule has 0 aliphatic carbocycles. The van der Waals surface area contributed by atoms with E-state index in [1.165, 1.54) is 0 Å². The van der Waals surface area contributed by atoms with Crippen LogP contribution in [0.2, 0.25) is 0 Å². The molecule has 0 aliphatic heterocycles. The Morgan fingerprint density at radius 3 is 2.67 bits per heavy atom. The van der Waals surface area contributed by atoms with Crippen molar-refractivity contribution in [3.05, 3.63) is 48.0 Å². The van der Waals surface area contributed by atoms with E-state index in [-0.39, 0.29) is 0 Å². The molecule has 0 bridgehead atoms. The maximum absolute atomic E-state index is 5.88. The molecule has 90 valence electrons. The molecule has 18 heavy (non-hydrogen) atoms. The lowest BCUT2D eigenvalue weighted by Gasteiger charge is -2.04. The van der Waals surface area contributed by atoms with Crippen LogP contribution in [0.5, 0.6) is 0 Å². The van der Waals surface area contributed by atoms with Gasteiger partial charge in [0.05, 0.1) is 5.56 Å². The zero-order valence-electron chi connectivity index (χ0n) is 10.4. The highest BCUT2D eigenvalue weighted by Gasteiger charge is 2.12. The van der Waals surface area contributed by atoms with Crippen molar-refractivity contribution in [3.8, 4) is 11.5 Å². The van der Waals surface area contributed by atoms with Gasteiger partial charge in [0.25, 0.3) is 0 Å². The maximum atomic E-state index is 5.88. The lowest BCUT2D eigenvalue weighted by atomic mass is 10.2. The lowest BCUT2D eigenvalue weighted by molar-refractivity contribution is 0.617. The number of para-hydroxylation sites is 2. The summed E-state index contributed by atoms with van der Waals surface area (Å²) in [6.45, 7) is 2.03. The fraction of sp³-hybridized carbons (Fsp3) is 0.133. The van der Waals surface area contributed by atoms with Crippen molar-refractivity contribution in [1.82, 2.24) is 4.98 Å². The van der Waals surface area contributed by atoms with Gasteiger partial charge >= 0.3 is 0 Å². The largest absolute Gasteiger partial charge is 0.436 e. The third kappa shape index (κ3) is 1.64. The second kappa shape index (κ2) is 4.18. The van der Waals surface area contributed by atoms with Crippen molar-refractivity contribution in [2.45, 2.75) is 6.92 Å². The van der Waals surface area contributed by atoms with Gasteiger partial charge in [0.2, 0.25) is 5.89 Å². The predicted octanol–water partition coefficient (Wildman–Crippen LogP) is 3.84. The molecule has 3 nitrogen and oxygen atoms in total. The average Bonchev–Trinajstić information content (AvgIpc) is 2.84. The molecule has 0 amide bonds. The van der Waals surface area contributed by atoms with Crippen molar-refractivity contribution in [2.75, 3.05) is 12.4 Å². The average molecular weight is 238 g/mol. The highest BCUT2D eigenvalue weighted by atomic mass is 16.3. The zero-order chi connectivity index (χ0) is 12.5. The third-order valence-corrected chi connectivity index (χ3v) is 3.04. The van der Waals surface area contributed by atoms with Gasteiger partial charge in [-0.25, -0.2) is 4.98 Å². The Balaban J connectivity index is 2.23. The molecule has 0 saturated carbocycles. The first-order valence-corrected chi connectivity index (χ1v) is 5.93. The first-order valence-electron chi connectivity index (χ1n) is 5.93. The fourth-order valence-corrected chi connectivity index (χ4v) is 2.09. The molecular weight excluding hydrogens is 224 g/mol. The molecule has 0 spiro atoms. The van der Waals surface area contributed by atoms with Gasteiger partial charge in [-0.2, -0.15) is 0 Å². The molecule has 0 saturated heterocycles. The van der Waals surface area contributed by atoms with Crippen LogP contribution >= 0.6 is 0 Å². The molecule has 2 aromatic carbocycles. The van der Waals surface area contributed by atoms with E-state index in [0.29, 0.717) is 5.89 Å². The summed E-state index contributed by atoms with van der Waals surface area (Å²) in [5.41, 5.74) is 4.86. The number of fused-ring (bicyclic) bond motifs is 1. The van der Waals surface area contributed by atoms with Gasteiger partial charge in [-0.3, -0.25) is 0 Å². The zero-order valence-corrected chi connectivity index (χ0v) is 10.4. The van der Waals surface area contributed by atoms with E-state index in [9.17, 15) is 0 Å². The van der Waals surface area contributed by atoms with Crippen LogP contribution in [0.1, 0.15) is 5.56 Å². The fourth-order valence-electron chi connectivity index (χ4n) is 2.09. The number of anilines is 1. The second-order valence-corrected chi connectivity index (χ2v) is 4.24. The first-order chi connectivity index (χ1) is 8.79. The maximum Gasteiger partial charge on any atom is 0.229 e. The molecule has 0 radical (unpaired) electrons. The van der Waals surface area contributed by atoms with Gasteiger partial charge in [0.1, 0.15) is 5.52 Å². The Hall–Kier alpha value is -2.29. The number of nitrogens with one attached hydrogen (secondary N) is 1. The van der Waals surface area contributed by atoms with Gasteiger partial charge < -0.3 is 9.73 Å². The minimum atomic E-state index is 0.657. The summed E-state index contributed by atoms with van der Waals surface area (Å²) in [5.74, 6) is 0.657. The van der Waals surface area contributed by atoms with Crippen molar-refractivity contribution in [2.24, 2.45) is 0 Å². The first kappa shape index (κ1) is 10.8. The summed E-state index contributed by atoms with van der Waals surface area (Å²) < 4.78 is 5.88. The smallest absolute Gasteiger partial charge is 0.229 e. The number of rotatable bonds is 2. The number of hydrogen-bond acceptors (Lipinski definition) is 3. The van der Waals surface area contributed by atoms with E-state index in [0.717, 1.165) is 27.9 Å². The normalized spacial score (nSPS) is 10.8. The van der Waals surface area contributed by atoms with E-state index in [1.54, 1.807) is 0 Å². The molecule has 0 atom stereocenters. The summed E-state index contributed by atoms with van der Waals surface area (Å²) in [5, 5.41) is 3.15. The number of aromatic nitrogens is 1. The van der Waals surface area contributed by atoms with Crippen LogP contribution in [0, 0.1) is 6.92 Å². The van der Waals surface area contributed by atoms with Crippen molar-refractivity contribution in [1.29, 1.82) is 0 Å². The molecule has 0 unspecified atom stereocenters. The van der Waals surface area contributed by atoms with Crippen LogP contribution in [0.25, 0.3) is 22.6 Å². The molecule has 3 heteroatoms. The lowest BCUT2D eigenvalue weighted by Crippen LogP contribution is -1.91. The van der Waals surface area contributed by atoms with E-state index in [1.807, 2.05) is 56.4 Å². The van der Waals surface area contributed by atoms with Gasteiger partial charge in [0.15, 0.2) is 5.58 Å². The second-order valence-electron chi connectivity index (χ2n) is 4.24. The van der Waals surface area contributed by atoms with Crippen LogP contribution in [0.4, 0.5) is 5.69 Å². The minimum Gasteiger partial charge on any atom is -0.436 e. The van der Waals surface area contributed by atoms with Crippen LogP contribution in [0.15, 0.2) is 46.9 Å². The standard InChI is InChI=1S/C15H14N2O/c1-10-6-5-9-13-14(10)18-15(17-13)11-7-3-4-8-12(11)16-2/h3-9,16H,1-2H3. The van der Waals surface area contributed by atoms with Crippen LogP contribution in [0.3, 0.4) is 0 Å². The Morgan fingerprint density at radius 1 is 1.06 bits per heavy atom.